The molecule has 0 atom stereocenters. The summed E-state index contributed by atoms with van der Waals surface area (Å²) in [5, 5.41) is 11.6. The fourth-order valence-electron chi connectivity index (χ4n) is 2.10. The highest BCUT2D eigenvalue weighted by atomic mass is 32.2. The predicted molar refractivity (Wildman–Crippen MR) is 100 cm³/mol. The molecule has 0 aliphatic carbocycles. The van der Waals surface area contributed by atoms with Crippen molar-refractivity contribution in [1.29, 1.82) is 5.26 Å². The number of amides is 1. The number of nitriles is 1. The number of anilines is 2. The van der Waals surface area contributed by atoms with Crippen LogP contribution in [0.25, 0.3) is 6.08 Å². The molecule has 1 amide bonds. The van der Waals surface area contributed by atoms with Crippen LogP contribution in [-0.2, 0) is 14.8 Å². The molecule has 0 aliphatic heterocycles. The van der Waals surface area contributed by atoms with Crippen LogP contribution in [0.3, 0.4) is 0 Å². The van der Waals surface area contributed by atoms with Gasteiger partial charge < -0.3 is 10.1 Å². The number of carbonyl (C=O) groups is 1. The number of rotatable bonds is 6. The van der Waals surface area contributed by atoms with Gasteiger partial charge in [-0.05, 0) is 42.0 Å². The van der Waals surface area contributed by atoms with E-state index in [1.165, 1.54) is 19.3 Å². The van der Waals surface area contributed by atoms with Gasteiger partial charge in [0.2, 0.25) is 15.9 Å². The second kappa shape index (κ2) is 8.18. The standard InChI is InChI=1S/C18H17N3O4S/c1-25-17-9-5-14(12-19)11-16(17)20-18(22)10-6-13-3-7-15(8-4-13)21-26(2,23)24/h3-11,21H,1-2H3,(H,20,22)/b10-6-. The van der Waals surface area contributed by atoms with E-state index in [-0.39, 0.29) is 0 Å². The minimum Gasteiger partial charge on any atom is -0.495 e. The lowest BCUT2D eigenvalue weighted by atomic mass is 10.2. The molecule has 0 fully saturated rings. The van der Waals surface area contributed by atoms with Crippen LogP contribution in [0.1, 0.15) is 11.1 Å². The molecule has 0 saturated carbocycles. The maximum Gasteiger partial charge on any atom is 0.248 e. The molecular formula is C18H17N3O4S. The van der Waals surface area contributed by atoms with Gasteiger partial charge in [-0.1, -0.05) is 12.1 Å². The molecule has 7 nitrogen and oxygen atoms in total. The van der Waals surface area contributed by atoms with Crippen LogP contribution in [0.4, 0.5) is 11.4 Å². The molecule has 2 aromatic carbocycles. The normalized spacial score (nSPS) is 11.0. The summed E-state index contributed by atoms with van der Waals surface area (Å²) in [5.74, 6) is 0.0543. The Morgan fingerprint density at radius 1 is 1.19 bits per heavy atom. The molecule has 134 valence electrons. The van der Waals surface area contributed by atoms with Crippen molar-refractivity contribution in [3.63, 3.8) is 0 Å². The summed E-state index contributed by atoms with van der Waals surface area (Å²) >= 11 is 0. The van der Waals surface area contributed by atoms with Gasteiger partial charge in [-0.3, -0.25) is 9.52 Å². The average molecular weight is 371 g/mol. The number of hydrogen-bond acceptors (Lipinski definition) is 5. The number of ether oxygens (including phenoxy) is 1. The third kappa shape index (κ3) is 5.65. The number of nitrogens with zero attached hydrogens (tertiary/aromatic N) is 1. The van der Waals surface area contributed by atoms with Crippen molar-refractivity contribution in [3.05, 3.63) is 59.7 Å². The largest absolute Gasteiger partial charge is 0.495 e. The Morgan fingerprint density at radius 3 is 2.46 bits per heavy atom. The molecule has 2 N–H and O–H groups in total. The Balaban J connectivity index is 2.07. The smallest absolute Gasteiger partial charge is 0.248 e. The number of benzene rings is 2. The van der Waals surface area contributed by atoms with Crippen molar-refractivity contribution in [2.75, 3.05) is 23.4 Å². The quantitative estimate of drug-likeness (QED) is 0.759. The summed E-state index contributed by atoms with van der Waals surface area (Å²) in [5.41, 5.74) is 1.96. The van der Waals surface area contributed by atoms with Crippen LogP contribution in [0.2, 0.25) is 0 Å². The first-order valence-electron chi connectivity index (χ1n) is 7.46. The number of methoxy groups -OCH3 is 1. The van der Waals surface area contributed by atoms with Crippen LogP contribution in [-0.4, -0.2) is 27.7 Å². The van der Waals surface area contributed by atoms with Crippen molar-refractivity contribution in [1.82, 2.24) is 0 Å². The van der Waals surface area contributed by atoms with Crippen LogP contribution < -0.4 is 14.8 Å². The predicted octanol–water partition coefficient (Wildman–Crippen LogP) is 2.59. The topological polar surface area (TPSA) is 108 Å². The number of nitrogens with one attached hydrogen (secondary N) is 2. The van der Waals surface area contributed by atoms with Crippen molar-refractivity contribution >= 4 is 33.4 Å². The maximum atomic E-state index is 12.1. The fourth-order valence-corrected chi connectivity index (χ4v) is 2.66. The number of hydrogen-bond donors (Lipinski definition) is 2. The molecule has 0 bridgehead atoms. The van der Waals surface area contributed by atoms with Crippen LogP contribution in [0.15, 0.2) is 48.5 Å². The molecule has 2 rings (SSSR count). The summed E-state index contributed by atoms with van der Waals surface area (Å²) in [4.78, 5) is 12.1. The third-order valence-corrected chi connectivity index (χ3v) is 3.83. The summed E-state index contributed by atoms with van der Waals surface area (Å²) in [6.45, 7) is 0. The van der Waals surface area contributed by atoms with Gasteiger partial charge in [0.15, 0.2) is 0 Å². The number of sulfonamides is 1. The highest BCUT2D eigenvalue weighted by Crippen LogP contribution is 2.25. The fraction of sp³-hybridized carbons (Fsp3) is 0.111. The van der Waals surface area contributed by atoms with E-state index in [0.717, 1.165) is 11.8 Å². The van der Waals surface area contributed by atoms with Crippen molar-refractivity contribution in [3.8, 4) is 11.8 Å². The Bertz CT molecular complexity index is 974. The van der Waals surface area contributed by atoms with E-state index >= 15 is 0 Å². The number of carbonyl (C=O) groups excluding carboxylic acids is 1. The van der Waals surface area contributed by atoms with Gasteiger partial charge in [0.25, 0.3) is 0 Å². The lowest BCUT2D eigenvalue weighted by molar-refractivity contribution is -0.111. The van der Waals surface area contributed by atoms with Gasteiger partial charge >= 0.3 is 0 Å². The average Bonchev–Trinajstić information content (AvgIpc) is 2.59. The molecule has 2 aromatic rings. The Morgan fingerprint density at radius 2 is 1.88 bits per heavy atom. The maximum absolute atomic E-state index is 12.1. The van der Waals surface area contributed by atoms with E-state index < -0.39 is 15.9 Å². The van der Waals surface area contributed by atoms with Gasteiger partial charge in [0, 0.05) is 11.8 Å². The van der Waals surface area contributed by atoms with E-state index in [1.807, 2.05) is 6.07 Å². The van der Waals surface area contributed by atoms with Crippen LogP contribution in [0, 0.1) is 11.3 Å². The Kier molecular flexibility index (Phi) is 5.98. The molecular weight excluding hydrogens is 354 g/mol. The molecule has 0 heterocycles. The van der Waals surface area contributed by atoms with Crippen LogP contribution >= 0.6 is 0 Å². The van der Waals surface area contributed by atoms with Gasteiger partial charge in [-0.15, -0.1) is 0 Å². The van der Waals surface area contributed by atoms with Crippen molar-refractivity contribution in [2.45, 2.75) is 0 Å². The van der Waals surface area contributed by atoms with Crippen LogP contribution in [0.5, 0.6) is 5.75 Å². The zero-order chi connectivity index (χ0) is 19.2. The van der Waals surface area contributed by atoms with Gasteiger partial charge in [-0.2, -0.15) is 5.26 Å². The van der Waals surface area contributed by atoms with Gasteiger partial charge in [-0.25, -0.2) is 8.42 Å². The molecule has 0 spiro atoms. The summed E-state index contributed by atoms with van der Waals surface area (Å²) in [7, 11) is -1.86. The van der Waals surface area contributed by atoms with E-state index in [0.29, 0.717) is 22.7 Å². The first-order chi connectivity index (χ1) is 12.3. The lowest BCUT2D eigenvalue weighted by Gasteiger charge is -2.09. The zero-order valence-electron chi connectivity index (χ0n) is 14.2. The third-order valence-electron chi connectivity index (χ3n) is 3.23. The van der Waals surface area contributed by atoms with Gasteiger partial charge in [0.1, 0.15) is 5.75 Å². The van der Waals surface area contributed by atoms with E-state index in [9.17, 15) is 13.2 Å². The van der Waals surface area contributed by atoms with Crippen molar-refractivity contribution < 1.29 is 17.9 Å². The lowest BCUT2D eigenvalue weighted by Crippen LogP contribution is -2.09. The minimum atomic E-state index is -3.33. The Labute approximate surface area is 152 Å². The first-order valence-corrected chi connectivity index (χ1v) is 9.35. The second-order valence-corrected chi connectivity index (χ2v) is 7.09. The molecule has 0 radical (unpaired) electrons. The monoisotopic (exact) mass is 371 g/mol. The highest BCUT2D eigenvalue weighted by Gasteiger charge is 2.07. The summed E-state index contributed by atoms with van der Waals surface area (Å²) in [6, 6.07) is 13.3. The molecule has 8 heteroatoms. The van der Waals surface area contributed by atoms with E-state index in [1.54, 1.807) is 42.5 Å². The molecule has 0 aromatic heterocycles. The SMILES string of the molecule is COc1ccc(C#N)cc1NC(=O)/C=C\c1ccc(NS(C)(=O)=O)cc1. The molecule has 26 heavy (non-hydrogen) atoms. The van der Waals surface area contributed by atoms with E-state index in [4.69, 9.17) is 10.00 Å². The second-order valence-electron chi connectivity index (χ2n) is 5.35. The zero-order valence-corrected chi connectivity index (χ0v) is 15.0. The van der Waals surface area contributed by atoms with E-state index in [2.05, 4.69) is 10.0 Å². The molecule has 0 saturated heterocycles. The summed E-state index contributed by atoms with van der Waals surface area (Å²) < 4.78 is 29.8. The first kappa shape index (κ1) is 19.0. The Hall–Kier alpha value is -3.31. The molecule has 0 unspecified atom stereocenters. The minimum absolute atomic E-state index is 0.392. The van der Waals surface area contributed by atoms with Gasteiger partial charge in [0.05, 0.1) is 30.7 Å². The summed E-state index contributed by atoms with van der Waals surface area (Å²) in [6.07, 6.45) is 3.98. The molecule has 0 aliphatic rings. The van der Waals surface area contributed by atoms with Crippen molar-refractivity contribution in [2.24, 2.45) is 0 Å². The highest BCUT2D eigenvalue weighted by molar-refractivity contribution is 7.92.